The van der Waals surface area contributed by atoms with Gasteiger partial charge in [-0.05, 0) is 39.5 Å². The summed E-state index contributed by atoms with van der Waals surface area (Å²) >= 11 is 0. The molecule has 0 saturated carbocycles. The third-order valence-corrected chi connectivity index (χ3v) is 4.65. The van der Waals surface area contributed by atoms with Gasteiger partial charge in [0.25, 0.3) is 0 Å². The molecule has 0 N–H and O–H groups in total. The van der Waals surface area contributed by atoms with Gasteiger partial charge in [-0.3, -0.25) is 4.79 Å². The Hall–Kier alpha value is -0.370. The molecule has 23 heavy (non-hydrogen) atoms. The second-order valence-corrected chi connectivity index (χ2v) is 7.87. The molecule has 0 aromatic carbocycles. The molecule has 0 bridgehead atoms. The number of Topliss-reactive ketones (excluding diaryl/α,β-unsaturated/α-hetero) is 1. The molecule has 0 amide bonds. The highest BCUT2D eigenvalue weighted by Gasteiger charge is 2.36. The van der Waals surface area contributed by atoms with Crippen LogP contribution >= 0.6 is 0 Å². The molecule has 0 rings (SSSR count). The zero-order chi connectivity index (χ0) is 17.7. The van der Waals surface area contributed by atoms with Crippen molar-refractivity contribution in [2.45, 2.75) is 124 Å². The van der Waals surface area contributed by atoms with Crippen LogP contribution in [0.5, 0.6) is 0 Å². The van der Waals surface area contributed by atoms with Crippen LogP contribution in [0.1, 0.15) is 112 Å². The molecule has 0 saturated heterocycles. The molecule has 0 aliphatic heterocycles. The highest BCUT2D eigenvalue weighted by Crippen LogP contribution is 2.30. The van der Waals surface area contributed by atoms with Crippen LogP contribution in [0.3, 0.4) is 0 Å². The number of carbonyl (C=O) groups excluding carboxylic acids is 1. The maximum Gasteiger partial charge on any atom is 0.161 e. The summed E-state index contributed by atoms with van der Waals surface area (Å²) in [4.78, 5) is 12.4. The van der Waals surface area contributed by atoms with Crippen molar-refractivity contribution in [1.82, 2.24) is 0 Å². The maximum absolute atomic E-state index is 12.4. The van der Waals surface area contributed by atoms with E-state index < -0.39 is 5.60 Å². The van der Waals surface area contributed by atoms with Crippen LogP contribution in [0.2, 0.25) is 0 Å². The molecule has 0 aliphatic carbocycles. The monoisotopic (exact) mass is 326 g/mol. The zero-order valence-corrected chi connectivity index (χ0v) is 16.7. The summed E-state index contributed by atoms with van der Waals surface area (Å²) in [5.41, 5.74) is -0.530. The number of carbonyl (C=O) groups is 1. The van der Waals surface area contributed by atoms with Gasteiger partial charge in [0.2, 0.25) is 0 Å². The Balaban J connectivity index is 4.47. The molecule has 1 atom stereocenters. The van der Waals surface area contributed by atoms with E-state index in [1.54, 1.807) is 6.92 Å². The van der Waals surface area contributed by atoms with Gasteiger partial charge in [-0.25, -0.2) is 0 Å². The van der Waals surface area contributed by atoms with Crippen LogP contribution in [-0.4, -0.2) is 17.5 Å². The lowest BCUT2D eigenvalue weighted by Gasteiger charge is -2.34. The molecule has 0 aliphatic rings. The second-order valence-electron chi connectivity index (χ2n) is 7.87. The van der Waals surface area contributed by atoms with Crippen LogP contribution in [-0.2, 0) is 9.53 Å². The fourth-order valence-corrected chi connectivity index (χ4v) is 3.28. The molecule has 2 nitrogen and oxygen atoms in total. The summed E-state index contributed by atoms with van der Waals surface area (Å²) in [7, 11) is 0. The molecule has 1 unspecified atom stereocenters. The Bertz CT molecular complexity index is 296. The van der Waals surface area contributed by atoms with Crippen LogP contribution in [0.25, 0.3) is 0 Å². The van der Waals surface area contributed by atoms with Crippen molar-refractivity contribution in [2.24, 2.45) is 5.92 Å². The van der Waals surface area contributed by atoms with E-state index in [1.165, 1.54) is 44.9 Å². The lowest BCUT2D eigenvalue weighted by Crippen LogP contribution is -2.42. The van der Waals surface area contributed by atoms with E-state index >= 15 is 0 Å². The summed E-state index contributed by atoms with van der Waals surface area (Å²) in [6.45, 7) is 12.6. The van der Waals surface area contributed by atoms with Gasteiger partial charge in [-0.1, -0.05) is 78.6 Å². The first kappa shape index (κ1) is 22.6. The Morgan fingerprint density at radius 1 is 0.870 bits per heavy atom. The van der Waals surface area contributed by atoms with Crippen LogP contribution in [0, 0.1) is 5.92 Å². The number of ether oxygens (including phenoxy) is 1. The average molecular weight is 327 g/mol. The first-order chi connectivity index (χ1) is 10.8. The van der Waals surface area contributed by atoms with Gasteiger partial charge in [-0.2, -0.15) is 0 Å². The van der Waals surface area contributed by atoms with E-state index in [-0.39, 0.29) is 11.9 Å². The summed E-state index contributed by atoms with van der Waals surface area (Å²) in [5.74, 6) is 1.00. The smallest absolute Gasteiger partial charge is 0.161 e. The molecule has 0 aromatic rings. The Kier molecular flexibility index (Phi) is 12.8. The normalized spacial score (nSPS) is 14.4. The minimum absolute atomic E-state index is 0.116. The lowest BCUT2D eigenvalue weighted by atomic mass is 9.85. The molecule has 2 heteroatoms. The molecule has 0 radical (unpaired) electrons. The van der Waals surface area contributed by atoms with Crippen molar-refractivity contribution in [3.8, 4) is 0 Å². The Morgan fingerprint density at radius 2 is 1.39 bits per heavy atom. The van der Waals surface area contributed by atoms with Crippen molar-refractivity contribution in [1.29, 1.82) is 0 Å². The lowest BCUT2D eigenvalue weighted by molar-refractivity contribution is -0.152. The van der Waals surface area contributed by atoms with E-state index in [0.29, 0.717) is 0 Å². The molecular weight excluding hydrogens is 284 g/mol. The summed E-state index contributed by atoms with van der Waals surface area (Å²) in [6.07, 6.45) is 12.9. The topological polar surface area (TPSA) is 26.3 Å². The third kappa shape index (κ3) is 10.9. The van der Waals surface area contributed by atoms with Gasteiger partial charge in [0.15, 0.2) is 5.78 Å². The van der Waals surface area contributed by atoms with Gasteiger partial charge in [0, 0.05) is 0 Å². The molecule has 0 fully saturated rings. The zero-order valence-electron chi connectivity index (χ0n) is 16.7. The number of hydrogen-bond donors (Lipinski definition) is 0. The Morgan fingerprint density at radius 3 is 1.83 bits per heavy atom. The fraction of sp³-hybridized carbons (Fsp3) is 0.952. The van der Waals surface area contributed by atoms with E-state index in [2.05, 4.69) is 20.8 Å². The van der Waals surface area contributed by atoms with Crippen molar-refractivity contribution in [3.63, 3.8) is 0 Å². The third-order valence-electron chi connectivity index (χ3n) is 4.65. The van der Waals surface area contributed by atoms with E-state index in [0.717, 1.165) is 31.6 Å². The van der Waals surface area contributed by atoms with Gasteiger partial charge in [0.1, 0.15) is 5.60 Å². The molecule has 0 spiro atoms. The standard InChI is InChI=1S/C21H42O2/c1-7-8-9-10-13-16-21(20(6)22,23-19(4)5)17-14-11-12-15-18(2)3/h18-19H,7-17H2,1-6H3. The average Bonchev–Trinajstić information content (AvgIpc) is 2.45. The highest BCUT2D eigenvalue weighted by atomic mass is 16.5. The minimum Gasteiger partial charge on any atom is -0.365 e. The molecular formula is C21H42O2. The van der Waals surface area contributed by atoms with Gasteiger partial charge < -0.3 is 4.74 Å². The van der Waals surface area contributed by atoms with Crippen molar-refractivity contribution >= 4 is 5.78 Å². The molecule has 138 valence electrons. The maximum atomic E-state index is 12.4. The summed E-state index contributed by atoms with van der Waals surface area (Å²) in [5, 5.41) is 0. The number of hydrogen-bond acceptors (Lipinski definition) is 2. The number of ketones is 1. The SMILES string of the molecule is CCCCCCCC(CCCCCC(C)C)(OC(C)C)C(C)=O. The van der Waals surface area contributed by atoms with E-state index in [4.69, 9.17) is 4.74 Å². The van der Waals surface area contributed by atoms with Crippen LogP contribution < -0.4 is 0 Å². The predicted octanol–water partition coefficient (Wildman–Crippen LogP) is 6.71. The van der Waals surface area contributed by atoms with Gasteiger partial charge >= 0.3 is 0 Å². The van der Waals surface area contributed by atoms with Crippen LogP contribution in [0.4, 0.5) is 0 Å². The quantitative estimate of drug-likeness (QED) is 0.313. The van der Waals surface area contributed by atoms with Crippen molar-refractivity contribution in [2.75, 3.05) is 0 Å². The van der Waals surface area contributed by atoms with Crippen molar-refractivity contribution < 1.29 is 9.53 Å². The Labute approximate surface area is 145 Å². The highest BCUT2D eigenvalue weighted by molar-refractivity contribution is 5.84. The van der Waals surface area contributed by atoms with Crippen molar-refractivity contribution in [3.05, 3.63) is 0 Å². The molecule has 0 aromatic heterocycles. The number of unbranched alkanes of at least 4 members (excludes halogenated alkanes) is 6. The largest absolute Gasteiger partial charge is 0.365 e. The van der Waals surface area contributed by atoms with Crippen LogP contribution in [0.15, 0.2) is 0 Å². The summed E-state index contributed by atoms with van der Waals surface area (Å²) in [6, 6.07) is 0. The summed E-state index contributed by atoms with van der Waals surface area (Å²) < 4.78 is 6.18. The first-order valence-electron chi connectivity index (χ1n) is 10.0. The second kappa shape index (κ2) is 13.0. The van der Waals surface area contributed by atoms with Gasteiger partial charge in [0.05, 0.1) is 6.10 Å². The van der Waals surface area contributed by atoms with Gasteiger partial charge in [-0.15, -0.1) is 0 Å². The fourth-order valence-electron chi connectivity index (χ4n) is 3.28. The molecule has 0 heterocycles. The minimum atomic E-state index is -0.530. The van der Waals surface area contributed by atoms with E-state index in [1.807, 2.05) is 13.8 Å². The first-order valence-corrected chi connectivity index (χ1v) is 10.0. The van der Waals surface area contributed by atoms with E-state index in [9.17, 15) is 4.79 Å². The predicted molar refractivity (Wildman–Crippen MR) is 101 cm³/mol. The number of rotatable bonds is 15.